The molecular weight excluding hydrogens is 254 g/mol. The Morgan fingerprint density at radius 1 is 1.00 bits per heavy atom. The van der Waals surface area contributed by atoms with E-state index >= 15 is 0 Å². The summed E-state index contributed by atoms with van der Waals surface area (Å²) in [5, 5.41) is 0. The van der Waals surface area contributed by atoms with Crippen molar-refractivity contribution in [2.24, 2.45) is 0 Å². The van der Waals surface area contributed by atoms with Crippen LogP contribution in [-0.2, 0) is 5.41 Å². The van der Waals surface area contributed by atoms with Crippen LogP contribution in [0.5, 0.6) is 0 Å². The molecule has 0 saturated carbocycles. The van der Waals surface area contributed by atoms with Gasteiger partial charge in [0.2, 0.25) is 0 Å². The summed E-state index contributed by atoms with van der Waals surface area (Å²) in [6.07, 6.45) is 9.01. The summed E-state index contributed by atoms with van der Waals surface area (Å²) in [5.74, 6) is 0. The van der Waals surface area contributed by atoms with Crippen LogP contribution < -0.4 is 4.90 Å². The number of aryl methyl sites for hydroxylation is 1. The van der Waals surface area contributed by atoms with Crippen molar-refractivity contribution in [2.45, 2.75) is 25.3 Å². The van der Waals surface area contributed by atoms with Crippen LogP contribution in [0.15, 0.2) is 72.8 Å². The van der Waals surface area contributed by atoms with Gasteiger partial charge in [-0.1, -0.05) is 54.6 Å². The number of hydrogen-bond donors (Lipinski definition) is 0. The van der Waals surface area contributed by atoms with Crippen LogP contribution in [-0.4, -0.2) is 6.04 Å². The normalized spacial score (nSPS) is 25.8. The highest BCUT2D eigenvalue weighted by Gasteiger charge is 2.46. The van der Waals surface area contributed by atoms with E-state index in [4.69, 9.17) is 0 Å². The third kappa shape index (κ3) is 1.70. The first kappa shape index (κ1) is 12.5. The van der Waals surface area contributed by atoms with Gasteiger partial charge < -0.3 is 4.90 Å². The first-order valence-electron chi connectivity index (χ1n) is 7.51. The molecule has 1 aliphatic heterocycles. The molecule has 0 amide bonds. The minimum absolute atomic E-state index is 0.0492. The predicted octanol–water partition coefficient (Wildman–Crippen LogP) is 4.90. The fraction of sp³-hybridized carbons (Fsp3) is 0.200. The molecule has 0 fully saturated rings. The van der Waals surface area contributed by atoms with Gasteiger partial charge in [0.15, 0.2) is 0 Å². The van der Waals surface area contributed by atoms with Crippen molar-refractivity contribution in [3.8, 4) is 0 Å². The van der Waals surface area contributed by atoms with E-state index in [-0.39, 0.29) is 5.41 Å². The maximum absolute atomic E-state index is 2.47. The molecule has 0 radical (unpaired) electrons. The fourth-order valence-electron chi connectivity index (χ4n) is 3.66. The Balaban J connectivity index is 1.98. The van der Waals surface area contributed by atoms with Crippen molar-refractivity contribution in [3.05, 3.63) is 84.0 Å². The maximum atomic E-state index is 2.47. The van der Waals surface area contributed by atoms with Crippen molar-refractivity contribution in [1.82, 2.24) is 0 Å². The molecule has 0 aromatic heterocycles. The smallest absolute Gasteiger partial charge is 0.0655 e. The minimum atomic E-state index is 0.0492. The summed E-state index contributed by atoms with van der Waals surface area (Å²) in [7, 11) is 0. The van der Waals surface area contributed by atoms with Gasteiger partial charge in [-0.05, 0) is 43.2 Å². The third-order valence-electron chi connectivity index (χ3n) is 4.77. The Morgan fingerprint density at radius 2 is 1.81 bits per heavy atom. The summed E-state index contributed by atoms with van der Waals surface area (Å²) >= 11 is 0. The van der Waals surface area contributed by atoms with Crippen LogP contribution >= 0.6 is 0 Å². The van der Waals surface area contributed by atoms with Gasteiger partial charge >= 0.3 is 0 Å². The van der Waals surface area contributed by atoms with E-state index in [9.17, 15) is 0 Å². The third-order valence-corrected chi connectivity index (χ3v) is 4.77. The van der Waals surface area contributed by atoms with Crippen LogP contribution in [0, 0.1) is 6.92 Å². The summed E-state index contributed by atoms with van der Waals surface area (Å²) in [5.41, 5.74) is 5.38. The van der Waals surface area contributed by atoms with Gasteiger partial charge in [-0.15, -0.1) is 0 Å². The lowest BCUT2D eigenvalue weighted by Crippen LogP contribution is -2.39. The average molecular weight is 273 g/mol. The molecular formula is C20H19N. The lowest BCUT2D eigenvalue weighted by molar-refractivity contribution is 0.550. The molecule has 1 heteroatoms. The van der Waals surface area contributed by atoms with E-state index in [1.807, 2.05) is 0 Å². The molecule has 2 aromatic rings. The van der Waals surface area contributed by atoms with Gasteiger partial charge in [0, 0.05) is 16.8 Å². The Labute approximate surface area is 126 Å². The predicted molar refractivity (Wildman–Crippen MR) is 89.2 cm³/mol. The number of fused-ring (bicyclic) bond motifs is 3. The van der Waals surface area contributed by atoms with Gasteiger partial charge in [-0.2, -0.15) is 0 Å². The van der Waals surface area contributed by atoms with Gasteiger partial charge in [0.05, 0.1) is 6.04 Å². The largest absolute Gasteiger partial charge is 0.333 e. The van der Waals surface area contributed by atoms with Crippen molar-refractivity contribution < 1.29 is 0 Å². The van der Waals surface area contributed by atoms with E-state index < -0.39 is 0 Å². The molecule has 2 atom stereocenters. The van der Waals surface area contributed by atoms with Crippen molar-refractivity contribution in [1.29, 1.82) is 0 Å². The number of anilines is 2. The molecule has 0 saturated heterocycles. The van der Waals surface area contributed by atoms with Gasteiger partial charge in [0.1, 0.15) is 0 Å². The van der Waals surface area contributed by atoms with Crippen molar-refractivity contribution in [2.75, 3.05) is 4.90 Å². The molecule has 2 aromatic carbocycles. The standard InChI is InChI=1S/C20H19N/c1-15-11-12-17-18(14-15)21(16-8-4-3-5-9-16)19-10-6-7-13-20(17,19)2/h3-14,19H,1-2H3. The lowest BCUT2D eigenvalue weighted by Gasteiger charge is -2.34. The first-order chi connectivity index (χ1) is 10.2. The SMILES string of the molecule is Cc1ccc2c(c1)N(c1ccccc1)C1C=CC=CC21C. The number of allylic oxidation sites excluding steroid dienone is 2. The number of rotatable bonds is 1. The summed E-state index contributed by atoms with van der Waals surface area (Å²) in [6, 6.07) is 17.9. The second-order valence-corrected chi connectivity index (χ2v) is 6.20. The Hall–Kier alpha value is -2.28. The topological polar surface area (TPSA) is 3.24 Å². The molecule has 1 nitrogen and oxygen atoms in total. The number of para-hydroxylation sites is 1. The zero-order chi connectivity index (χ0) is 14.4. The quantitative estimate of drug-likeness (QED) is 0.714. The van der Waals surface area contributed by atoms with E-state index in [0.717, 1.165) is 0 Å². The van der Waals surface area contributed by atoms with E-state index in [2.05, 4.69) is 91.6 Å². The molecule has 4 rings (SSSR count). The van der Waals surface area contributed by atoms with Gasteiger partial charge in [0.25, 0.3) is 0 Å². The van der Waals surface area contributed by atoms with Gasteiger partial charge in [-0.3, -0.25) is 0 Å². The van der Waals surface area contributed by atoms with E-state index in [0.29, 0.717) is 6.04 Å². The fourth-order valence-corrected chi connectivity index (χ4v) is 3.66. The number of benzene rings is 2. The van der Waals surface area contributed by atoms with Crippen molar-refractivity contribution >= 4 is 11.4 Å². The highest BCUT2D eigenvalue weighted by Crippen LogP contribution is 2.51. The minimum Gasteiger partial charge on any atom is -0.333 e. The van der Waals surface area contributed by atoms with E-state index in [1.165, 1.54) is 22.5 Å². The lowest BCUT2D eigenvalue weighted by atomic mass is 9.76. The van der Waals surface area contributed by atoms with Crippen LogP contribution in [0.25, 0.3) is 0 Å². The second-order valence-electron chi connectivity index (χ2n) is 6.20. The van der Waals surface area contributed by atoms with E-state index in [1.54, 1.807) is 0 Å². The Bertz CT molecular complexity index is 742. The first-order valence-corrected chi connectivity index (χ1v) is 7.51. The van der Waals surface area contributed by atoms with Crippen molar-refractivity contribution in [3.63, 3.8) is 0 Å². The number of nitrogens with zero attached hydrogens (tertiary/aromatic N) is 1. The molecule has 0 bridgehead atoms. The van der Waals surface area contributed by atoms with Crippen LogP contribution in [0.3, 0.4) is 0 Å². The zero-order valence-electron chi connectivity index (χ0n) is 12.5. The van der Waals surface area contributed by atoms with Crippen LogP contribution in [0.2, 0.25) is 0 Å². The Morgan fingerprint density at radius 3 is 2.62 bits per heavy atom. The second kappa shape index (κ2) is 4.36. The highest BCUT2D eigenvalue weighted by molar-refractivity contribution is 5.77. The van der Waals surface area contributed by atoms with Crippen LogP contribution in [0.1, 0.15) is 18.1 Å². The monoisotopic (exact) mass is 273 g/mol. The molecule has 1 heterocycles. The summed E-state index contributed by atoms with van der Waals surface area (Å²) in [6.45, 7) is 4.51. The van der Waals surface area contributed by atoms with Crippen LogP contribution in [0.4, 0.5) is 11.4 Å². The molecule has 0 N–H and O–H groups in total. The average Bonchev–Trinajstić information content (AvgIpc) is 2.76. The molecule has 21 heavy (non-hydrogen) atoms. The number of hydrogen-bond acceptors (Lipinski definition) is 1. The summed E-state index contributed by atoms with van der Waals surface area (Å²) in [4.78, 5) is 2.47. The highest BCUT2D eigenvalue weighted by atomic mass is 15.2. The zero-order valence-corrected chi connectivity index (χ0v) is 12.5. The molecule has 2 unspecified atom stereocenters. The molecule has 104 valence electrons. The molecule has 0 spiro atoms. The Kier molecular flexibility index (Phi) is 2.58. The summed E-state index contributed by atoms with van der Waals surface area (Å²) < 4.78 is 0. The van der Waals surface area contributed by atoms with Gasteiger partial charge in [-0.25, -0.2) is 0 Å². The molecule has 1 aliphatic carbocycles. The maximum Gasteiger partial charge on any atom is 0.0655 e. The molecule has 2 aliphatic rings.